The average Bonchev–Trinajstić information content (AvgIpc) is 2.23. The van der Waals surface area contributed by atoms with Crippen LogP contribution in [0, 0.1) is 13.8 Å². The fourth-order valence-electron chi connectivity index (χ4n) is 1.05. The Morgan fingerprint density at radius 2 is 1.88 bits per heavy atom. The summed E-state index contributed by atoms with van der Waals surface area (Å²) in [7, 11) is 0. The highest BCUT2D eigenvalue weighted by molar-refractivity contribution is 6.30. The molecule has 1 aromatic heterocycles. The summed E-state index contributed by atoms with van der Waals surface area (Å²) in [4.78, 5) is 0. The van der Waals surface area contributed by atoms with Gasteiger partial charge in [-0.15, -0.1) is 10.2 Å². The predicted octanol–water partition coefficient (Wildman–Crippen LogP) is 2.08. The van der Waals surface area contributed by atoms with E-state index in [0.29, 0.717) is 11.1 Å². The summed E-state index contributed by atoms with van der Waals surface area (Å²) in [5.41, 5.74) is 1.23. The minimum absolute atomic E-state index is 0.176. The number of nitrogens with zero attached hydrogens (tertiary/aromatic N) is 2. The first-order valence-electron chi connectivity index (χ1n) is 4.71. The minimum Gasteiger partial charge on any atom is -0.382 e. The van der Waals surface area contributed by atoms with Gasteiger partial charge in [0.2, 0.25) is 0 Å². The summed E-state index contributed by atoms with van der Waals surface area (Å²) in [6.07, 6.45) is -7.10. The molecule has 0 aliphatic carbocycles. The Morgan fingerprint density at radius 1 is 1.29 bits per heavy atom. The third-order valence-corrected chi connectivity index (χ3v) is 2.66. The van der Waals surface area contributed by atoms with E-state index in [9.17, 15) is 13.2 Å². The molecule has 8 heteroatoms. The van der Waals surface area contributed by atoms with Crippen molar-refractivity contribution in [1.82, 2.24) is 10.2 Å². The van der Waals surface area contributed by atoms with E-state index in [0.717, 1.165) is 0 Å². The van der Waals surface area contributed by atoms with E-state index in [1.807, 2.05) is 0 Å². The van der Waals surface area contributed by atoms with Crippen molar-refractivity contribution in [3.05, 3.63) is 16.3 Å². The van der Waals surface area contributed by atoms with Gasteiger partial charge in [-0.2, -0.15) is 13.2 Å². The third kappa shape index (κ3) is 3.44. The molecule has 1 unspecified atom stereocenters. The maximum Gasteiger partial charge on any atom is 0.416 e. The molecular weight excluding hydrogens is 259 g/mol. The molecule has 0 saturated carbocycles. The first-order valence-corrected chi connectivity index (χ1v) is 5.09. The lowest BCUT2D eigenvalue weighted by Crippen LogP contribution is -2.35. The predicted molar refractivity (Wildman–Crippen MR) is 57.1 cm³/mol. The highest BCUT2D eigenvalue weighted by atomic mass is 35.5. The van der Waals surface area contributed by atoms with Crippen LogP contribution in [0.5, 0.6) is 0 Å². The van der Waals surface area contributed by atoms with E-state index < -0.39 is 18.8 Å². The molecule has 0 radical (unpaired) electrons. The number of alkyl halides is 3. The zero-order valence-electron chi connectivity index (χ0n) is 9.14. The lowest BCUT2D eigenvalue weighted by atomic mass is 10.2. The Bertz CT molecular complexity index is 411. The Kier molecular flexibility index (Phi) is 4.16. The smallest absolute Gasteiger partial charge is 0.382 e. The molecule has 17 heavy (non-hydrogen) atoms. The van der Waals surface area contributed by atoms with Crippen molar-refractivity contribution in [2.45, 2.75) is 26.1 Å². The molecular formula is C9H11ClF3N3O. The Balaban J connectivity index is 2.74. The van der Waals surface area contributed by atoms with Gasteiger partial charge in [0, 0.05) is 0 Å². The van der Waals surface area contributed by atoms with E-state index in [4.69, 9.17) is 16.7 Å². The maximum absolute atomic E-state index is 12.0. The first kappa shape index (κ1) is 14.0. The number of hydrogen-bond acceptors (Lipinski definition) is 4. The standard InChI is InChI=1S/C9H11ClF3N3O/c1-4-5(2)8(16-15-7(4)10)14-3-6(17)9(11,12)13/h6,17H,3H2,1-2H3,(H,14,16). The van der Waals surface area contributed by atoms with Gasteiger partial charge in [0.05, 0.1) is 6.54 Å². The number of nitrogens with one attached hydrogen (secondary N) is 1. The van der Waals surface area contributed by atoms with E-state index in [2.05, 4.69) is 15.5 Å². The van der Waals surface area contributed by atoms with Gasteiger partial charge >= 0.3 is 6.18 Å². The Morgan fingerprint density at radius 3 is 2.41 bits per heavy atom. The molecule has 4 nitrogen and oxygen atoms in total. The third-order valence-electron chi connectivity index (χ3n) is 2.31. The van der Waals surface area contributed by atoms with Gasteiger partial charge < -0.3 is 10.4 Å². The van der Waals surface area contributed by atoms with Gasteiger partial charge in [-0.3, -0.25) is 0 Å². The molecule has 96 valence electrons. The zero-order valence-corrected chi connectivity index (χ0v) is 9.89. The Hall–Kier alpha value is -1.08. The second-order valence-electron chi connectivity index (χ2n) is 3.53. The minimum atomic E-state index is -4.66. The number of aromatic nitrogens is 2. The van der Waals surface area contributed by atoms with Crippen LogP contribution in [0.25, 0.3) is 0 Å². The first-order chi connectivity index (χ1) is 7.73. The molecule has 1 rings (SSSR count). The number of rotatable bonds is 3. The molecule has 0 fully saturated rings. The molecule has 1 aromatic rings. The molecule has 0 amide bonds. The van der Waals surface area contributed by atoms with Crippen LogP contribution in [-0.2, 0) is 0 Å². The summed E-state index contributed by atoms with van der Waals surface area (Å²) in [6.45, 7) is 2.65. The lowest BCUT2D eigenvalue weighted by molar-refractivity contribution is -0.198. The van der Waals surface area contributed by atoms with Crippen molar-refractivity contribution in [2.75, 3.05) is 11.9 Å². The van der Waals surface area contributed by atoms with Gasteiger partial charge in [0.25, 0.3) is 0 Å². The SMILES string of the molecule is Cc1c(Cl)nnc(NCC(O)C(F)(F)F)c1C. The van der Waals surface area contributed by atoms with Crippen LogP contribution < -0.4 is 5.32 Å². The van der Waals surface area contributed by atoms with Gasteiger partial charge in [0.1, 0.15) is 0 Å². The summed E-state index contributed by atoms with van der Waals surface area (Å²) in [5, 5.41) is 18.6. The number of aliphatic hydroxyl groups excluding tert-OH is 1. The van der Waals surface area contributed by atoms with E-state index in [1.54, 1.807) is 13.8 Å². The van der Waals surface area contributed by atoms with Gasteiger partial charge in [0.15, 0.2) is 17.1 Å². The van der Waals surface area contributed by atoms with Crippen LogP contribution in [-0.4, -0.2) is 34.1 Å². The number of hydrogen-bond donors (Lipinski definition) is 2. The zero-order chi connectivity index (χ0) is 13.2. The summed E-state index contributed by atoms with van der Waals surface area (Å²) in [6, 6.07) is 0. The van der Waals surface area contributed by atoms with Crippen molar-refractivity contribution >= 4 is 17.4 Å². The molecule has 0 spiro atoms. The van der Waals surface area contributed by atoms with E-state index in [1.165, 1.54) is 0 Å². The molecule has 0 aliphatic heterocycles. The topological polar surface area (TPSA) is 58.0 Å². The highest BCUT2D eigenvalue weighted by Gasteiger charge is 2.38. The van der Waals surface area contributed by atoms with Gasteiger partial charge in [-0.25, -0.2) is 0 Å². The van der Waals surface area contributed by atoms with Crippen LogP contribution in [0.2, 0.25) is 5.15 Å². The quantitative estimate of drug-likeness (QED) is 0.882. The van der Waals surface area contributed by atoms with Gasteiger partial charge in [-0.1, -0.05) is 11.6 Å². The van der Waals surface area contributed by atoms with Crippen molar-refractivity contribution in [1.29, 1.82) is 0 Å². The monoisotopic (exact) mass is 269 g/mol. The van der Waals surface area contributed by atoms with Crippen molar-refractivity contribution < 1.29 is 18.3 Å². The number of anilines is 1. The second-order valence-corrected chi connectivity index (χ2v) is 3.89. The van der Waals surface area contributed by atoms with E-state index >= 15 is 0 Å². The van der Waals surface area contributed by atoms with Crippen molar-refractivity contribution in [2.24, 2.45) is 0 Å². The van der Waals surface area contributed by atoms with Crippen LogP contribution in [0.3, 0.4) is 0 Å². The molecule has 0 bridgehead atoms. The van der Waals surface area contributed by atoms with Crippen LogP contribution >= 0.6 is 11.6 Å². The van der Waals surface area contributed by atoms with E-state index in [-0.39, 0.29) is 11.0 Å². The molecule has 0 saturated heterocycles. The van der Waals surface area contributed by atoms with Crippen molar-refractivity contribution in [3.8, 4) is 0 Å². The summed E-state index contributed by atoms with van der Waals surface area (Å²) < 4.78 is 36.1. The maximum atomic E-state index is 12.0. The molecule has 1 heterocycles. The average molecular weight is 270 g/mol. The second kappa shape index (κ2) is 5.05. The highest BCUT2D eigenvalue weighted by Crippen LogP contribution is 2.23. The molecule has 1 atom stereocenters. The summed E-state index contributed by atoms with van der Waals surface area (Å²) >= 11 is 5.69. The van der Waals surface area contributed by atoms with Crippen LogP contribution in [0.15, 0.2) is 0 Å². The number of aliphatic hydroxyl groups is 1. The fourth-order valence-corrected chi connectivity index (χ4v) is 1.23. The fraction of sp³-hybridized carbons (Fsp3) is 0.556. The van der Waals surface area contributed by atoms with Crippen LogP contribution in [0.1, 0.15) is 11.1 Å². The largest absolute Gasteiger partial charge is 0.416 e. The number of halogens is 4. The lowest BCUT2D eigenvalue weighted by Gasteiger charge is -2.16. The van der Waals surface area contributed by atoms with Gasteiger partial charge in [-0.05, 0) is 25.0 Å². The summed E-state index contributed by atoms with van der Waals surface area (Å²) in [5.74, 6) is 0.176. The molecule has 2 N–H and O–H groups in total. The normalized spacial score (nSPS) is 13.6. The Labute approximate surface area is 101 Å². The van der Waals surface area contributed by atoms with Crippen LogP contribution in [0.4, 0.5) is 19.0 Å². The molecule has 0 aliphatic rings. The molecule has 0 aromatic carbocycles. The van der Waals surface area contributed by atoms with Crippen molar-refractivity contribution in [3.63, 3.8) is 0 Å².